The van der Waals surface area contributed by atoms with Gasteiger partial charge >= 0.3 is 5.97 Å². The molecule has 1 heterocycles. The molecule has 0 bridgehead atoms. The van der Waals surface area contributed by atoms with Crippen molar-refractivity contribution in [3.05, 3.63) is 47.4 Å². The summed E-state index contributed by atoms with van der Waals surface area (Å²) in [5, 5.41) is 8.77. The Balaban J connectivity index is 2.44. The van der Waals surface area contributed by atoms with Gasteiger partial charge in [0.15, 0.2) is 0 Å². The lowest BCUT2D eigenvalue weighted by atomic mass is 10.0. The number of rotatable bonds is 3. The highest BCUT2D eigenvalue weighted by Crippen LogP contribution is 2.23. The molecule has 0 radical (unpaired) electrons. The van der Waals surface area contributed by atoms with Crippen molar-refractivity contribution in [1.29, 1.82) is 0 Å². The molecule has 0 aliphatic heterocycles. The average molecular weight is 242 g/mol. The van der Waals surface area contributed by atoms with Crippen LogP contribution in [0, 0.1) is 13.8 Å². The van der Waals surface area contributed by atoms with E-state index in [-0.39, 0.29) is 6.42 Å². The van der Waals surface area contributed by atoms with E-state index in [1.807, 2.05) is 32.0 Å². The standard InChI is InChI=1S/C14H14N2O2/c1-9-4-3-5-12(10(9)2)13-6-11(7-14(17)18)15-8-16-13/h3-6,8H,7H2,1-2H3,(H,17,18). The topological polar surface area (TPSA) is 63.1 Å². The largest absolute Gasteiger partial charge is 0.481 e. The summed E-state index contributed by atoms with van der Waals surface area (Å²) >= 11 is 0. The zero-order valence-electron chi connectivity index (χ0n) is 10.3. The monoisotopic (exact) mass is 242 g/mol. The van der Waals surface area contributed by atoms with E-state index >= 15 is 0 Å². The summed E-state index contributed by atoms with van der Waals surface area (Å²) in [6, 6.07) is 7.72. The third-order valence-electron chi connectivity index (χ3n) is 2.94. The molecule has 0 aliphatic rings. The van der Waals surface area contributed by atoms with E-state index in [0.717, 1.165) is 16.8 Å². The lowest BCUT2D eigenvalue weighted by molar-refractivity contribution is -0.136. The number of benzene rings is 1. The van der Waals surface area contributed by atoms with Crippen molar-refractivity contribution in [3.63, 3.8) is 0 Å². The molecule has 1 aromatic carbocycles. The van der Waals surface area contributed by atoms with E-state index in [1.165, 1.54) is 11.9 Å². The van der Waals surface area contributed by atoms with E-state index in [2.05, 4.69) is 9.97 Å². The summed E-state index contributed by atoms with van der Waals surface area (Å²) < 4.78 is 0. The summed E-state index contributed by atoms with van der Waals surface area (Å²) in [5.41, 5.74) is 4.64. The van der Waals surface area contributed by atoms with Crippen LogP contribution in [0.1, 0.15) is 16.8 Å². The van der Waals surface area contributed by atoms with Crippen molar-refractivity contribution in [2.24, 2.45) is 0 Å². The highest BCUT2D eigenvalue weighted by atomic mass is 16.4. The second kappa shape index (κ2) is 4.96. The van der Waals surface area contributed by atoms with Crippen LogP contribution in [-0.4, -0.2) is 21.0 Å². The molecular formula is C14H14N2O2. The number of nitrogens with zero attached hydrogens (tertiary/aromatic N) is 2. The van der Waals surface area contributed by atoms with E-state index in [1.54, 1.807) is 6.07 Å². The van der Waals surface area contributed by atoms with Gasteiger partial charge in [0.25, 0.3) is 0 Å². The van der Waals surface area contributed by atoms with Crippen LogP contribution in [0.3, 0.4) is 0 Å². The normalized spacial score (nSPS) is 10.3. The molecule has 0 atom stereocenters. The molecule has 2 aromatic rings. The maximum atomic E-state index is 10.7. The van der Waals surface area contributed by atoms with Gasteiger partial charge < -0.3 is 5.11 Å². The first-order valence-electron chi connectivity index (χ1n) is 5.67. The van der Waals surface area contributed by atoms with E-state index < -0.39 is 5.97 Å². The van der Waals surface area contributed by atoms with Crippen molar-refractivity contribution >= 4 is 5.97 Å². The fraction of sp³-hybridized carbons (Fsp3) is 0.214. The quantitative estimate of drug-likeness (QED) is 0.897. The van der Waals surface area contributed by atoms with E-state index in [4.69, 9.17) is 5.11 Å². The zero-order chi connectivity index (χ0) is 13.1. The fourth-order valence-electron chi connectivity index (χ4n) is 1.83. The van der Waals surface area contributed by atoms with E-state index in [0.29, 0.717) is 5.69 Å². The molecule has 4 nitrogen and oxygen atoms in total. The van der Waals surface area contributed by atoms with Gasteiger partial charge in [-0.3, -0.25) is 4.79 Å². The van der Waals surface area contributed by atoms with Gasteiger partial charge in [0.05, 0.1) is 17.8 Å². The second-order valence-corrected chi connectivity index (χ2v) is 4.21. The molecule has 2 rings (SSSR count). The Kier molecular flexibility index (Phi) is 3.37. The number of carboxylic acid groups (broad SMARTS) is 1. The molecule has 0 saturated heterocycles. The van der Waals surface area contributed by atoms with Gasteiger partial charge in [0.2, 0.25) is 0 Å². The fourth-order valence-corrected chi connectivity index (χ4v) is 1.83. The molecule has 4 heteroatoms. The number of carboxylic acids is 1. The van der Waals surface area contributed by atoms with Crippen LogP contribution in [-0.2, 0) is 11.2 Å². The van der Waals surface area contributed by atoms with Crippen LogP contribution in [0.25, 0.3) is 11.3 Å². The third kappa shape index (κ3) is 2.53. The van der Waals surface area contributed by atoms with Gasteiger partial charge in [0.1, 0.15) is 6.33 Å². The van der Waals surface area contributed by atoms with Crippen molar-refractivity contribution in [1.82, 2.24) is 9.97 Å². The molecule has 0 saturated carbocycles. The first-order valence-corrected chi connectivity index (χ1v) is 5.67. The predicted molar refractivity (Wildman–Crippen MR) is 68.3 cm³/mol. The van der Waals surface area contributed by atoms with Crippen LogP contribution in [0.15, 0.2) is 30.6 Å². The second-order valence-electron chi connectivity index (χ2n) is 4.21. The number of hydrogen-bond donors (Lipinski definition) is 1. The number of aromatic nitrogens is 2. The maximum absolute atomic E-state index is 10.7. The molecule has 0 amide bonds. The molecule has 0 spiro atoms. The Bertz CT molecular complexity index is 594. The van der Waals surface area contributed by atoms with Gasteiger partial charge in [-0.1, -0.05) is 18.2 Å². The zero-order valence-corrected chi connectivity index (χ0v) is 10.3. The summed E-state index contributed by atoms with van der Waals surface area (Å²) in [5.74, 6) is -0.888. The molecule has 1 N–H and O–H groups in total. The van der Waals surface area contributed by atoms with Gasteiger partial charge in [0, 0.05) is 5.56 Å². The van der Waals surface area contributed by atoms with Crippen molar-refractivity contribution in [2.75, 3.05) is 0 Å². The minimum atomic E-state index is -0.888. The molecule has 0 fully saturated rings. The highest BCUT2D eigenvalue weighted by molar-refractivity contribution is 5.71. The number of aliphatic carboxylic acids is 1. The lowest BCUT2D eigenvalue weighted by Crippen LogP contribution is -2.03. The van der Waals surface area contributed by atoms with Crippen LogP contribution < -0.4 is 0 Å². The van der Waals surface area contributed by atoms with Crippen LogP contribution in [0.2, 0.25) is 0 Å². The van der Waals surface area contributed by atoms with Crippen LogP contribution in [0.5, 0.6) is 0 Å². The van der Waals surface area contributed by atoms with Gasteiger partial charge in [-0.2, -0.15) is 0 Å². The Hall–Kier alpha value is -2.23. The Morgan fingerprint density at radius 2 is 2.06 bits per heavy atom. The minimum absolute atomic E-state index is 0.0830. The number of hydrogen-bond acceptors (Lipinski definition) is 3. The smallest absolute Gasteiger partial charge is 0.309 e. The first-order chi connectivity index (χ1) is 8.58. The molecular weight excluding hydrogens is 228 g/mol. The van der Waals surface area contributed by atoms with Crippen molar-refractivity contribution in [2.45, 2.75) is 20.3 Å². The molecule has 0 aliphatic carbocycles. The average Bonchev–Trinajstić information content (AvgIpc) is 2.32. The maximum Gasteiger partial charge on any atom is 0.309 e. The Morgan fingerprint density at radius 1 is 1.28 bits per heavy atom. The number of aryl methyl sites for hydroxylation is 1. The third-order valence-corrected chi connectivity index (χ3v) is 2.94. The molecule has 92 valence electrons. The highest BCUT2D eigenvalue weighted by Gasteiger charge is 2.08. The van der Waals surface area contributed by atoms with Gasteiger partial charge in [-0.15, -0.1) is 0 Å². The van der Waals surface area contributed by atoms with Crippen molar-refractivity contribution < 1.29 is 9.90 Å². The Morgan fingerprint density at radius 3 is 2.78 bits per heavy atom. The lowest BCUT2D eigenvalue weighted by Gasteiger charge is -2.08. The van der Waals surface area contributed by atoms with E-state index in [9.17, 15) is 4.79 Å². The summed E-state index contributed by atoms with van der Waals surface area (Å²) in [7, 11) is 0. The summed E-state index contributed by atoms with van der Waals surface area (Å²) in [6.45, 7) is 4.07. The SMILES string of the molecule is Cc1cccc(-c2cc(CC(=O)O)ncn2)c1C. The van der Waals surface area contributed by atoms with Gasteiger partial charge in [-0.25, -0.2) is 9.97 Å². The van der Waals surface area contributed by atoms with Crippen LogP contribution >= 0.6 is 0 Å². The molecule has 18 heavy (non-hydrogen) atoms. The summed E-state index contributed by atoms with van der Waals surface area (Å²) in [6.07, 6.45) is 1.33. The first kappa shape index (κ1) is 12.2. The number of carbonyl (C=O) groups is 1. The predicted octanol–water partition coefficient (Wildman–Crippen LogP) is 2.39. The van der Waals surface area contributed by atoms with Gasteiger partial charge in [-0.05, 0) is 31.0 Å². The van der Waals surface area contributed by atoms with Crippen molar-refractivity contribution in [3.8, 4) is 11.3 Å². The minimum Gasteiger partial charge on any atom is -0.481 e. The Labute approximate surface area is 105 Å². The summed E-state index contributed by atoms with van der Waals surface area (Å²) in [4.78, 5) is 18.9. The molecule has 1 aromatic heterocycles. The molecule has 0 unspecified atom stereocenters. The van der Waals surface area contributed by atoms with Crippen LogP contribution in [0.4, 0.5) is 0 Å².